The molecule has 1 unspecified atom stereocenters. The standard InChI is InChI=1S/C20H22O2S/c1-22-19(21)20(13-5-6-14-23-20)15-16-9-11-18(12-10-16)17-7-3-2-4-8-17/h2-4,7-12H,5-6,13-15H2,1H3. The number of hydrogen-bond acceptors (Lipinski definition) is 3. The lowest BCUT2D eigenvalue weighted by atomic mass is 9.91. The highest BCUT2D eigenvalue weighted by Gasteiger charge is 2.41. The van der Waals surface area contributed by atoms with E-state index in [1.807, 2.05) is 18.2 Å². The van der Waals surface area contributed by atoms with Crippen molar-refractivity contribution in [1.29, 1.82) is 0 Å². The summed E-state index contributed by atoms with van der Waals surface area (Å²) < 4.78 is 4.70. The van der Waals surface area contributed by atoms with Crippen LogP contribution in [0.4, 0.5) is 0 Å². The average molecular weight is 326 g/mol. The Kier molecular flexibility index (Phi) is 5.06. The Balaban J connectivity index is 1.80. The van der Waals surface area contributed by atoms with Gasteiger partial charge < -0.3 is 4.74 Å². The molecule has 0 aliphatic carbocycles. The number of rotatable bonds is 4. The van der Waals surface area contributed by atoms with Crippen LogP contribution in [0.25, 0.3) is 11.1 Å². The van der Waals surface area contributed by atoms with E-state index >= 15 is 0 Å². The van der Waals surface area contributed by atoms with Crippen LogP contribution in [-0.4, -0.2) is 23.6 Å². The molecular formula is C20H22O2S. The van der Waals surface area contributed by atoms with Crippen molar-refractivity contribution in [1.82, 2.24) is 0 Å². The molecule has 23 heavy (non-hydrogen) atoms. The average Bonchev–Trinajstić information content (AvgIpc) is 2.63. The lowest BCUT2D eigenvalue weighted by Gasteiger charge is -2.34. The molecular weight excluding hydrogens is 304 g/mol. The van der Waals surface area contributed by atoms with E-state index < -0.39 is 4.75 Å². The summed E-state index contributed by atoms with van der Waals surface area (Å²) in [6.45, 7) is 0. The van der Waals surface area contributed by atoms with Crippen molar-refractivity contribution in [2.24, 2.45) is 0 Å². The zero-order valence-corrected chi connectivity index (χ0v) is 14.3. The highest BCUT2D eigenvalue weighted by Crippen LogP contribution is 2.40. The molecule has 1 aliphatic rings. The fraction of sp³-hybridized carbons (Fsp3) is 0.350. The maximum atomic E-state index is 12.3. The van der Waals surface area contributed by atoms with Crippen LogP contribution in [0.3, 0.4) is 0 Å². The maximum Gasteiger partial charge on any atom is 0.322 e. The van der Waals surface area contributed by atoms with E-state index in [9.17, 15) is 4.79 Å². The molecule has 3 heteroatoms. The van der Waals surface area contributed by atoms with Crippen LogP contribution < -0.4 is 0 Å². The molecule has 1 aliphatic heterocycles. The molecule has 1 saturated heterocycles. The van der Waals surface area contributed by atoms with Gasteiger partial charge in [0.15, 0.2) is 0 Å². The summed E-state index contributed by atoms with van der Waals surface area (Å²) in [5.74, 6) is 0.964. The number of ether oxygens (including phenoxy) is 1. The van der Waals surface area contributed by atoms with Gasteiger partial charge in [0, 0.05) is 0 Å². The van der Waals surface area contributed by atoms with Gasteiger partial charge in [0.2, 0.25) is 0 Å². The van der Waals surface area contributed by atoms with Gasteiger partial charge in [0.1, 0.15) is 4.75 Å². The van der Waals surface area contributed by atoms with E-state index in [2.05, 4.69) is 36.4 Å². The molecule has 0 saturated carbocycles. The summed E-state index contributed by atoms with van der Waals surface area (Å²) in [6.07, 6.45) is 3.95. The highest BCUT2D eigenvalue weighted by molar-refractivity contribution is 8.01. The molecule has 0 aromatic heterocycles. The second-order valence-electron chi connectivity index (χ2n) is 6.03. The molecule has 2 aromatic carbocycles. The van der Waals surface area contributed by atoms with Crippen LogP contribution >= 0.6 is 11.8 Å². The predicted molar refractivity (Wildman–Crippen MR) is 96.6 cm³/mol. The second kappa shape index (κ2) is 7.22. The number of benzene rings is 2. The summed E-state index contributed by atoms with van der Waals surface area (Å²) in [7, 11) is 1.50. The van der Waals surface area contributed by atoms with Gasteiger partial charge in [-0.1, -0.05) is 61.0 Å². The fourth-order valence-corrected chi connectivity index (χ4v) is 4.68. The van der Waals surface area contributed by atoms with Crippen molar-refractivity contribution >= 4 is 17.7 Å². The molecule has 3 rings (SSSR count). The van der Waals surface area contributed by atoms with Crippen LogP contribution in [-0.2, 0) is 16.0 Å². The zero-order chi connectivity index (χ0) is 16.1. The molecule has 2 nitrogen and oxygen atoms in total. The monoisotopic (exact) mass is 326 g/mol. The Morgan fingerprint density at radius 3 is 2.35 bits per heavy atom. The van der Waals surface area contributed by atoms with Crippen molar-refractivity contribution < 1.29 is 9.53 Å². The lowest BCUT2D eigenvalue weighted by molar-refractivity contribution is -0.143. The number of thioether (sulfide) groups is 1. The maximum absolute atomic E-state index is 12.3. The minimum atomic E-state index is -0.402. The van der Waals surface area contributed by atoms with E-state index in [-0.39, 0.29) is 5.97 Å². The minimum absolute atomic E-state index is 0.0747. The van der Waals surface area contributed by atoms with Crippen LogP contribution in [0.15, 0.2) is 54.6 Å². The number of methoxy groups -OCH3 is 1. The van der Waals surface area contributed by atoms with Crippen molar-refractivity contribution in [3.05, 3.63) is 60.2 Å². The number of hydrogen-bond donors (Lipinski definition) is 0. The molecule has 0 radical (unpaired) electrons. The van der Waals surface area contributed by atoms with Crippen LogP contribution in [0.5, 0.6) is 0 Å². The van der Waals surface area contributed by atoms with E-state index in [1.54, 1.807) is 11.8 Å². The molecule has 0 spiro atoms. The van der Waals surface area contributed by atoms with Crippen molar-refractivity contribution in [2.45, 2.75) is 30.4 Å². The van der Waals surface area contributed by atoms with Gasteiger partial charge in [-0.3, -0.25) is 4.79 Å². The normalized spacial score (nSPS) is 20.9. The summed E-state index contributed by atoms with van der Waals surface area (Å²) in [4.78, 5) is 12.3. The quantitative estimate of drug-likeness (QED) is 0.760. The van der Waals surface area contributed by atoms with Gasteiger partial charge in [-0.05, 0) is 41.7 Å². The molecule has 1 heterocycles. The minimum Gasteiger partial charge on any atom is -0.468 e. The highest BCUT2D eigenvalue weighted by atomic mass is 32.2. The summed E-state index contributed by atoms with van der Waals surface area (Å²) in [6, 6.07) is 18.9. The van der Waals surface area contributed by atoms with Gasteiger partial charge >= 0.3 is 5.97 Å². The van der Waals surface area contributed by atoms with Gasteiger partial charge in [-0.2, -0.15) is 0 Å². The summed E-state index contributed by atoms with van der Waals surface area (Å²) in [5.41, 5.74) is 3.62. The van der Waals surface area contributed by atoms with Crippen molar-refractivity contribution in [3.8, 4) is 11.1 Å². The Hall–Kier alpha value is -1.74. The molecule has 1 atom stereocenters. The second-order valence-corrected chi connectivity index (χ2v) is 7.51. The Bertz CT molecular complexity index is 643. The smallest absolute Gasteiger partial charge is 0.322 e. The lowest BCUT2D eigenvalue weighted by Crippen LogP contribution is -2.40. The van der Waals surface area contributed by atoms with Crippen LogP contribution in [0, 0.1) is 0 Å². The largest absolute Gasteiger partial charge is 0.468 e. The molecule has 1 fully saturated rings. The third kappa shape index (κ3) is 3.61. The van der Waals surface area contributed by atoms with Crippen molar-refractivity contribution in [3.63, 3.8) is 0 Å². The van der Waals surface area contributed by atoms with E-state index in [0.29, 0.717) is 0 Å². The third-order valence-electron chi connectivity index (χ3n) is 4.46. The number of esters is 1. The Labute approximate surface area is 142 Å². The van der Waals surface area contributed by atoms with E-state index in [0.717, 1.165) is 25.0 Å². The van der Waals surface area contributed by atoms with Crippen LogP contribution in [0.1, 0.15) is 24.8 Å². The third-order valence-corrected chi connectivity index (χ3v) is 6.02. The summed E-state index contributed by atoms with van der Waals surface area (Å²) >= 11 is 1.76. The van der Waals surface area contributed by atoms with Gasteiger partial charge in [0.25, 0.3) is 0 Å². The first kappa shape index (κ1) is 16.1. The fourth-order valence-electron chi connectivity index (χ4n) is 3.19. The van der Waals surface area contributed by atoms with Gasteiger partial charge in [-0.15, -0.1) is 11.8 Å². The van der Waals surface area contributed by atoms with Gasteiger partial charge in [0.05, 0.1) is 7.11 Å². The zero-order valence-electron chi connectivity index (χ0n) is 13.5. The first-order valence-corrected chi connectivity index (χ1v) is 9.09. The Morgan fingerprint density at radius 1 is 1.04 bits per heavy atom. The molecule has 0 amide bonds. The summed E-state index contributed by atoms with van der Waals surface area (Å²) in [5, 5.41) is 0. The first-order valence-electron chi connectivity index (χ1n) is 8.10. The SMILES string of the molecule is COC(=O)C1(Cc2ccc(-c3ccccc3)cc2)CCCCS1. The topological polar surface area (TPSA) is 26.3 Å². The van der Waals surface area contributed by atoms with Gasteiger partial charge in [-0.25, -0.2) is 0 Å². The number of carbonyl (C=O) groups is 1. The molecule has 0 N–H and O–H groups in total. The first-order chi connectivity index (χ1) is 11.2. The predicted octanol–water partition coefficient (Wildman–Crippen LogP) is 4.73. The Morgan fingerprint density at radius 2 is 1.74 bits per heavy atom. The molecule has 2 aromatic rings. The van der Waals surface area contributed by atoms with Crippen molar-refractivity contribution in [2.75, 3.05) is 12.9 Å². The number of carbonyl (C=O) groups excluding carboxylic acids is 1. The molecule has 0 bridgehead atoms. The van der Waals surface area contributed by atoms with E-state index in [1.165, 1.54) is 30.2 Å². The van der Waals surface area contributed by atoms with E-state index in [4.69, 9.17) is 4.74 Å². The van der Waals surface area contributed by atoms with Crippen LogP contribution in [0.2, 0.25) is 0 Å². The molecule has 120 valence electrons.